The third-order valence-corrected chi connectivity index (χ3v) is 5.73. The SMILES string of the molecule is CC.CC.O=C(OCC1OC(n2c(=O)[nH]cc(F)c2=O)CC1OC(=O)c1ccc(Cl)cc1)c1ccc(Cl)cc1. The zero-order valence-corrected chi connectivity index (χ0v) is 23.3. The number of aromatic nitrogens is 2. The smallest absolute Gasteiger partial charge is 0.338 e. The number of halogens is 3. The molecule has 1 saturated heterocycles. The Bertz CT molecular complexity index is 1360. The zero-order valence-electron chi connectivity index (χ0n) is 21.8. The second-order valence-corrected chi connectivity index (χ2v) is 8.41. The second kappa shape index (κ2) is 15.2. The molecular weight excluding hydrogens is 554 g/mol. The van der Waals surface area contributed by atoms with Crippen molar-refractivity contribution >= 4 is 35.1 Å². The summed E-state index contributed by atoms with van der Waals surface area (Å²) < 4.78 is 30.9. The molecule has 0 bridgehead atoms. The number of nitrogens with one attached hydrogen (secondary N) is 1. The first kappa shape index (κ1) is 31.7. The molecule has 1 fully saturated rings. The van der Waals surface area contributed by atoms with Gasteiger partial charge in [-0.2, -0.15) is 4.39 Å². The molecule has 4 rings (SSSR count). The van der Waals surface area contributed by atoms with Crippen molar-refractivity contribution in [2.24, 2.45) is 0 Å². The van der Waals surface area contributed by atoms with Crippen LogP contribution in [-0.4, -0.2) is 40.3 Å². The van der Waals surface area contributed by atoms with Crippen LogP contribution in [0, 0.1) is 5.82 Å². The first-order valence-electron chi connectivity index (χ1n) is 12.3. The Morgan fingerprint density at radius 2 is 1.46 bits per heavy atom. The number of hydrogen-bond acceptors (Lipinski definition) is 7. The van der Waals surface area contributed by atoms with Crippen molar-refractivity contribution < 1.29 is 28.2 Å². The van der Waals surface area contributed by atoms with Crippen molar-refractivity contribution in [3.63, 3.8) is 0 Å². The molecule has 3 unspecified atom stereocenters. The summed E-state index contributed by atoms with van der Waals surface area (Å²) in [6.45, 7) is 7.62. The number of hydrogen-bond donors (Lipinski definition) is 1. The molecule has 1 aliphatic heterocycles. The van der Waals surface area contributed by atoms with Gasteiger partial charge in [-0.05, 0) is 48.5 Å². The van der Waals surface area contributed by atoms with E-state index in [1.807, 2.05) is 27.7 Å². The molecule has 0 amide bonds. The molecular formula is C27H29Cl2FN2O7. The molecule has 1 aliphatic rings. The van der Waals surface area contributed by atoms with E-state index in [2.05, 4.69) is 4.98 Å². The molecule has 12 heteroatoms. The van der Waals surface area contributed by atoms with Gasteiger partial charge in [0.2, 0.25) is 5.82 Å². The van der Waals surface area contributed by atoms with Crippen molar-refractivity contribution in [1.29, 1.82) is 0 Å². The number of nitrogens with zero attached hydrogens (tertiary/aromatic N) is 1. The monoisotopic (exact) mass is 582 g/mol. The maximum Gasteiger partial charge on any atom is 0.338 e. The Morgan fingerprint density at radius 3 is 2.00 bits per heavy atom. The largest absolute Gasteiger partial charge is 0.459 e. The van der Waals surface area contributed by atoms with Crippen molar-refractivity contribution in [2.45, 2.75) is 52.6 Å². The van der Waals surface area contributed by atoms with Crippen LogP contribution in [0.2, 0.25) is 10.0 Å². The highest BCUT2D eigenvalue weighted by Gasteiger charge is 2.41. The van der Waals surface area contributed by atoms with Gasteiger partial charge in [0, 0.05) is 22.7 Å². The molecule has 3 atom stereocenters. The molecule has 39 heavy (non-hydrogen) atoms. The minimum absolute atomic E-state index is 0.172. The van der Waals surface area contributed by atoms with Gasteiger partial charge in [-0.1, -0.05) is 50.9 Å². The Morgan fingerprint density at radius 1 is 0.949 bits per heavy atom. The fourth-order valence-corrected chi connectivity index (χ4v) is 3.73. The number of benzene rings is 2. The maximum atomic E-state index is 13.8. The molecule has 1 N–H and O–H groups in total. The van der Waals surface area contributed by atoms with Gasteiger partial charge in [-0.25, -0.2) is 19.0 Å². The first-order chi connectivity index (χ1) is 18.7. The van der Waals surface area contributed by atoms with Crippen LogP contribution in [0.15, 0.2) is 64.3 Å². The summed E-state index contributed by atoms with van der Waals surface area (Å²) in [6.07, 6.45) is -2.89. The summed E-state index contributed by atoms with van der Waals surface area (Å²) in [4.78, 5) is 51.5. The van der Waals surface area contributed by atoms with Crippen LogP contribution in [0.25, 0.3) is 0 Å². The lowest BCUT2D eigenvalue weighted by Crippen LogP contribution is -2.39. The van der Waals surface area contributed by atoms with Crippen LogP contribution in [0.3, 0.4) is 0 Å². The highest BCUT2D eigenvalue weighted by molar-refractivity contribution is 6.31. The number of H-pyrrole nitrogens is 1. The Hall–Kier alpha value is -3.47. The highest BCUT2D eigenvalue weighted by Crippen LogP contribution is 2.30. The average molecular weight is 583 g/mol. The quantitative estimate of drug-likeness (QED) is 0.386. The Kier molecular flexibility index (Phi) is 12.4. The molecule has 0 aliphatic carbocycles. The fourth-order valence-electron chi connectivity index (χ4n) is 3.48. The molecule has 3 aromatic rings. The summed E-state index contributed by atoms with van der Waals surface area (Å²) in [6, 6.07) is 11.9. The molecule has 1 aromatic heterocycles. The lowest BCUT2D eigenvalue weighted by atomic mass is 10.1. The van der Waals surface area contributed by atoms with E-state index in [9.17, 15) is 23.6 Å². The average Bonchev–Trinajstić information content (AvgIpc) is 3.34. The van der Waals surface area contributed by atoms with Crippen molar-refractivity contribution in [3.05, 3.63) is 103 Å². The predicted octanol–water partition coefficient (Wildman–Crippen LogP) is 5.41. The molecule has 0 spiro atoms. The molecule has 0 saturated carbocycles. The van der Waals surface area contributed by atoms with E-state index in [1.54, 1.807) is 0 Å². The van der Waals surface area contributed by atoms with E-state index < -0.39 is 47.4 Å². The fraction of sp³-hybridized carbons (Fsp3) is 0.333. The van der Waals surface area contributed by atoms with Gasteiger partial charge >= 0.3 is 17.6 Å². The highest BCUT2D eigenvalue weighted by atomic mass is 35.5. The van der Waals surface area contributed by atoms with E-state index in [4.69, 9.17) is 37.4 Å². The topological polar surface area (TPSA) is 117 Å². The van der Waals surface area contributed by atoms with Gasteiger partial charge in [-0.15, -0.1) is 0 Å². The lowest BCUT2D eigenvalue weighted by molar-refractivity contribution is -0.0592. The van der Waals surface area contributed by atoms with Crippen LogP contribution in [0.5, 0.6) is 0 Å². The van der Waals surface area contributed by atoms with Crippen LogP contribution < -0.4 is 11.2 Å². The third-order valence-electron chi connectivity index (χ3n) is 5.23. The van der Waals surface area contributed by atoms with Crippen LogP contribution in [0.4, 0.5) is 4.39 Å². The van der Waals surface area contributed by atoms with Crippen molar-refractivity contribution in [2.75, 3.05) is 6.61 Å². The molecule has 210 valence electrons. The number of aromatic amines is 1. The summed E-state index contributed by atoms with van der Waals surface area (Å²) >= 11 is 11.7. The summed E-state index contributed by atoms with van der Waals surface area (Å²) in [5.41, 5.74) is -1.71. The molecule has 9 nitrogen and oxygen atoms in total. The normalized spacial score (nSPS) is 17.7. The predicted molar refractivity (Wildman–Crippen MR) is 145 cm³/mol. The Balaban J connectivity index is 0.00000127. The van der Waals surface area contributed by atoms with Crippen LogP contribution in [0.1, 0.15) is 61.1 Å². The number of ether oxygens (including phenoxy) is 3. The van der Waals surface area contributed by atoms with E-state index in [0.29, 0.717) is 20.8 Å². The first-order valence-corrected chi connectivity index (χ1v) is 13.0. The minimum Gasteiger partial charge on any atom is -0.459 e. The zero-order chi connectivity index (χ0) is 29.1. The summed E-state index contributed by atoms with van der Waals surface area (Å²) in [5.74, 6) is -2.62. The second-order valence-electron chi connectivity index (χ2n) is 7.54. The maximum absolute atomic E-state index is 13.8. The van der Waals surface area contributed by atoms with Gasteiger partial charge in [0.1, 0.15) is 25.0 Å². The minimum atomic E-state index is -1.27. The third kappa shape index (κ3) is 8.26. The van der Waals surface area contributed by atoms with E-state index >= 15 is 0 Å². The van der Waals surface area contributed by atoms with Gasteiger partial charge in [0.05, 0.1) is 11.1 Å². The number of rotatable bonds is 6. The Labute approximate surface area is 234 Å². The lowest BCUT2D eigenvalue weighted by Gasteiger charge is -2.19. The van der Waals surface area contributed by atoms with E-state index in [-0.39, 0.29) is 24.2 Å². The van der Waals surface area contributed by atoms with E-state index in [0.717, 1.165) is 0 Å². The number of carbonyl (C=O) groups is 2. The standard InChI is InChI=1S/C23H17Cl2FN2O7.2C2H6/c24-14-5-1-12(2-6-14)21(30)33-11-18-17(35-22(31)13-3-7-15(25)8-4-13)9-19(34-18)28-20(29)16(26)10-27-23(28)32;2*1-2/h1-8,10,17-19H,9,11H2,(H,27,32);2*1-2H3. The molecule has 0 radical (unpaired) electrons. The van der Waals surface area contributed by atoms with Gasteiger partial charge < -0.3 is 19.2 Å². The van der Waals surface area contributed by atoms with Crippen LogP contribution >= 0.6 is 23.2 Å². The molecule has 2 heterocycles. The number of esters is 2. The van der Waals surface area contributed by atoms with Gasteiger partial charge in [0.15, 0.2) is 0 Å². The van der Waals surface area contributed by atoms with Crippen molar-refractivity contribution in [3.8, 4) is 0 Å². The van der Waals surface area contributed by atoms with Crippen molar-refractivity contribution in [1.82, 2.24) is 9.55 Å². The van der Waals surface area contributed by atoms with Crippen LogP contribution in [-0.2, 0) is 14.2 Å². The number of carbonyl (C=O) groups excluding carboxylic acids is 2. The van der Waals surface area contributed by atoms with E-state index in [1.165, 1.54) is 48.5 Å². The van der Waals surface area contributed by atoms with Gasteiger partial charge in [0.25, 0.3) is 5.56 Å². The molecule has 2 aromatic carbocycles. The summed E-state index contributed by atoms with van der Waals surface area (Å²) in [7, 11) is 0. The van der Waals surface area contributed by atoms with Gasteiger partial charge in [-0.3, -0.25) is 4.79 Å². The summed E-state index contributed by atoms with van der Waals surface area (Å²) in [5, 5.41) is 0.853.